The van der Waals surface area contributed by atoms with E-state index < -0.39 is 45.0 Å². The zero-order chi connectivity index (χ0) is 29.0. The zero-order valence-electron chi connectivity index (χ0n) is 19.2. The van der Waals surface area contributed by atoms with Crippen LogP contribution in [0.25, 0.3) is 44.8 Å². The normalized spacial score (nSPS) is 12.8. The molecule has 40 heavy (non-hydrogen) atoms. The fraction of sp³-hybridized carbons (Fsp3) is 0. The molecule has 2 aromatic heterocycles. The fourth-order valence-electron chi connectivity index (χ4n) is 3.83. The molecule has 5 rings (SSSR count). The van der Waals surface area contributed by atoms with Gasteiger partial charge >= 0.3 is 0 Å². The summed E-state index contributed by atoms with van der Waals surface area (Å²) in [7, 11) is -14.5. The Morgan fingerprint density at radius 1 is 0.675 bits per heavy atom. The second kappa shape index (κ2) is 9.79. The number of fused-ring (bicyclic) bond motifs is 2. The molecule has 0 bridgehead atoms. The van der Waals surface area contributed by atoms with E-state index in [1.807, 2.05) is 0 Å². The third-order valence-electron chi connectivity index (χ3n) is 5.50. The van der Waals surface area contributed by atoms with Gasteiger partial charge < -0.3 is 14.9 Å². The number of benzene rings is 3. The summed E-state index contributed by atoms with van der Waals surface area (Å²) in [6.07, 6.45) is 0. The second-order valence-electron chi connectivity index (χ2n) is 8.03. The standard InChI is InChI=1S/C20H14N4O12S4/c25-38(26,27)12-7-14-18(16(8-12)40(31,32)33)24-20(22-14)10-3-1-9(2-4-10)19-21-13-5-11(34-35-36-37)6-15(17(13)23-19)39(28,29)30/h1-8,37H,(H,21,23)(H,22,24)(H,25,26,27)(H,28,29,30)(H,31,32,33). The van der Waals surface area contributed by atoms with Crippen molar-refractivity contribution in [2.24, 2.45) is 0 Å². The molecule has 0 saturated heterocycles. The van der Waals surface area contributed by atoms with Crippen LogP contribution in [0.3, 0.4) is 0 Å². The van der Waals surface area contributed by atoms with Crippen LogP contribution in [0.5, 0.6) is 5.75 Å². The van der Waals surface area contributed by atoms with Gasteiger partial charge in [0.1, 0.15) is 32.5 Å². The van der Waals surface area contributed by atoms with Crippen LogP contribution in [-0.4, -0.2) is 58.8 Å². The van der Waals surface area contributed by atoms with Gasteiger partial charge in [-0.1, -0.05) is 24.3 Å². The number of aromatic amines is 2. The number of rotatable bonds is 8. The van der Waals surface area contributed by atoms with Crippen LogP contribution in [0.1, 0.15) is 0 Å². The quantitative estimate of drug-likeness (QED) is 0.0474. The lowest BCUT2D eigenvalue weighted by molar-refractivity contribution is -0.402. The van der Waals surface area contributed by atoms with E-state index in [1.165, 1.54) is 18.2 Å². The predicted molar refractivity (Wildman–Crippen MR) is 138 cm³/mol. The molecule has 16 nitrogen and oxygen atoms in total. The van der Waals surface area contributed by atoms with Crippen LogP contribution in [0, 0.1) is 0 Å². The highest BCUT2D eigenvalue weighted by Gasteiger charge is 2.24. The number of H-pyrrole nitrogens is 2. The Balaban J connectivity index is 1.57. The molecule has 0 aliphatic heterocycles. The molecular weight excluding hydrogens is 617 g/mol. The van der Waals surface area contributed by atoms with Gasteiger partial charge in [-0.3, -0.25) is 13.7 Å². The van der Waals surface area contributed by atoms with E-state index in [2.05, 4.69) is 42.2 Å². The Morgan fingerprint density at radius 2 is 1.15 bits per heavy atom. The summed E-state index contributed by atoms with van der Waals surface area (Å²) in [5.41, 5.74) is 0.518. The second-order valence-corrected chi connectivity index (χ2v) is 12.4. The average Bonchev–Trinajstić information content (AvgIpc) is 3.49. The van der Waals surface area contributed by atoms with Gasteiger partial charge in [0.15, 0.2) is 5.75 Å². The first-order valence-electron chi connectivity index (χ1n) is 10.4. The van der Waals surface area contributed by atoms with E-state index in [-0.39, 0.29) is 39.5 Å². The maximum Gasteiger partial charge on any atom is 0.296 e. The molecule has 2 heterocycles. The summed E-state index contributed by atoms with van der Waals surface area (Å²) in [6.45, 7) is 0. The van der Waals surface area contributed by atoms with Crippen molar-refractivity contribution in [1.82, 2.24) is 19.9 Å². The number of thiol groups is 1. The van der Waals surface area contributed by atoms with Crippen LogP contribution in [0.2, 0.25) is 0 Å². The average molecular weight is 631 g/mol. The van der Waals surface area contributed by atoms with Crippen LogP contribution >= 0.6 is 12.9 Å². The largest absolute Gasteiger partial charge is 0.338 e. The molecule has 0 spiro atoms. The summed E-state index contributed by atoms with van der Waals surface area (Å²) in [5, 5.41) is 4.21. The molecule has 0 unspecified atom stereocenters. The molecule has 20 heteroatoms. The van der Waals surface area contributed by atoms with E-state index in [4.69, 9.17) is 4.89 Å². The summed E-state index contributed by atoms with van der Waals surface area (Å²) in [5.74, 6) is 0.113. The van der Waals surface area contributed by atoms with E-state index in [0.717, 1.165) is 12.1 Å². The molecule has 0 amide bonds. The van der Waals surface area contributed by atoms with Gasteiger partial charge in [-0.25, -0.2) is 9.97 Å². The third kappa shape index (κ3) is 5.39. The number of nitrogens with one attached hydrogen (secondary N) is 2. The lowest BCUT2D eigenvalue weighted by atomic mass is 10.1. The summed E-state index contributed by atoms with van der Waals surface area (Å²) in [6, 6.07) is 9.98. The molecule has 0 fully saturated rings. The Morgan fingerprint density at radius 3 is 1.60 bits per heavy atom. The van der Waals surface area contributed by atoms with Gasteiger partial charge in [0.25, 0.3) is 30.4 Å². The molecule has 0 aliphatic rings. The molecular formula is C20H14N4O12S4. The lowest BCUT2D eigenvalue weighted by Crippen LogP contribution is -2.04. The third-order valence-corrected chi connectivity index (χ3v) is 8.12. The molecule has 0 radical (unpaired) electrons. The Bertz CT molecular complexity index is 2120. The van der Waals surface area contributed by atoms with Crippen molar-refractivity contribution in [3.05, 3.63) is 48.5 Å². The molecule has 3 aromatic carbocycles. The maximum absolute atomic E-state index is 11.9. The summed E-state index contributed by atoms with van der Waals surface area (Å²) < 4.78 is 103. The van der Waals surface area contributed by atoms with Crippen molar-refractivity contribution < 1.29 is 53.2 Å². The van der Waals surface area contributed by atoms with E-state index in [9.17, 15) is 38.9 Å². The number of hydrogen-bond donors (Lipinski definition) is 6. The zero-order valence-corrected chi connectivity index (χ0v) is 22.5. The van der Waals surface area contributed by atoms with Crippen molar-refractivity contribution in [1.29, 1.82) is 0 Å². The van der Waals surface area contributed by atoms with Crippen molar-refractivity contribution in [3.8, 4) is 28.5 Å². The van der Waals surface area contributed by atoms with Crippen LogP contribution in [0.4, 0.5) is 0 Å². The molecule has 0 saturated carbocycles. The SMILES string of the molecule is O=S(=O)(O)c1cc(S(=O)(=O)O)c2nc(-c3ccc(-c4nc5c(S(=O)(=O)O)cc(OOOS)cc5[nH]4)cc3)[nH]c2c1. The van der Waals surface area contributed by atoms with Gasteiger partial charge in [0.2, 0.25) is 0 Å². The Kier molecular flexibility index (Phi) is 6.84. The summed E-state index contributed by atoms with van der Waals surface area (Å²) >= 11 is 3.33. The highest BCUT2D eigenvalue weighted by atomic mass is 32.2. The van der Waals surface area contributed by atoms with Gasteiger partial charge in [-0.05, 0) is 17.2 Å². The topological polar surface area (TPSA) is 248 Å². The minimum atomic E-state index is -4.92. The predicted octanol–water partition coefficient (Wildman–Crippen LogP) is 2.60. The van der Waals surface area contributed by atoms with Crippen molar-refractivity contribution in [3.63, 3.8) is 0 Å². The number of imidazole rings is 2. The molecule has 5 N–H and O–H groups in total. The first-order chi connectivity index (χ1) is 18.6. The van der Waals surface area contributed by atoms with Crippen molar-refractivity contribution >= 4 is 65.3 Å². The Hall–Kier alpha value is -3.60. The number of nitrogens with zero attached hydrogens (tertiary/aromatic N) is 2. The number of hydrogen-bond acceptors (Lipinski definition) is 12. The minimum absolute atomic E-state index is 0.0883. The lowest BCUT2D eigenvalue weighted by Gasteiger charge is -2.03. The molecule has 5 aromatic rings. The number of aromatic nitrogens is 4. The molecule has 210 valence electrons. The van der Waals surface area contributed by atoms with Crippen LogP contribution in [-0.2, 0) is 39.7 Å². The van der Waals surface area contributed by atoms with E-state index in [0.29, 0.717) is 17.2 Å². The first kappa shape index (κ1) is 27.9. The van der Waals surface area contributed by atoms with E-state index >= 15 is 0 Å². The highest BCUT2D eigenvalue weighted by Crippen LogP contribution is 2.32. The van der Waals surface area contributed by atoms with Crippen molar-refractivity contribution in [2.75, 3.05) is 0 Å². The fourth-order valence-corrected chi connectivity index (χ4v) is 5.80. The van der Waals surface area contributed by atoms with E-state index in [1.54, 1.807) is 12.1 Å². The first-order valence-corrected chi connectivity index (χ1v) is 15.1. The molecule has 0 atom stereocenters. The van der Waals surface area contributed by atoms with Gasteiger partial charge in [-0.15, -0.1) is 4.33 Å². The Labute approximate surface area is 229 Å². The van der Waals surface area contributed by atoms with Gasteiger partial charge in [-0.2, -0.15) is 25.3 Å². The highest BCUT2D eigenvalue weighted by molar-refractivity contribution is 7.87. The van der Waals surface area contributed by atoms with Crippen LogP contribution in [0.15, 0.2) is 63.2 Å². The molecule has 0 aliphatic carbocycles. The maximum atomic E-state index is 11.9. The van der Waals surface area contributed by atoms with Gasteiger partial charge in [0.05, 0.1) is 15.9 Å². The van der Waals surface area contributed by atoms with Crippen molar-refractivity contribution in [2.45, 2.75) is 14.7 Å². The minimum Gasteiger partial charge on any atom is -0.338 e. The van der Waals surface area contributed by atoms with Gasteiger partial charge in [0, 0.05) is 36.2 Å². The summed E-state index contributed by atoms with van der Waals surface area (Å²) in [4.78, 5) is 16.6. The van der Waals surface area contributed by atoms with Crippen LogP contribution < -0.4 is 4.89 Å². The monoisotopic (exact) mass is 630 g/mol. The smallest absolute Gasteiger partial charge is 0.296 e.